The Morgan fingerprint density at radius 1 is 1.06 bits per heavy atom. The van der Waals surface area contributed by atoms with Gasteiger partial charge in [-0.2, -0.15) is 0 Å². The molecule has 0 aliphatic rings. The van der Waals surface area contributed by atoms with Crippen molar-refractivity contribution in [1.29, 1.82) is 0 Å². The van der Waals surface area contributed by atoms with Crippen LogP contribution in [0.25, 0.3) is 0 Å². The Morgan fingerprint density at radius 2 is 1.50 bits per heavy atom. The zero-order valence-corrected chi connectivity index (χ0v) is 9.00. The van der Waals surface area contributed by atoms with Gasteiger partial charge in [0.15, 0.2) is 12.2 Å². The fraction of sp³-hybridized carbons (Fsp3) is 0.667. The number of carboxylic acids is 2. The van der Waals surface area contributed by atoms with Gasteiger partial charge in [0.2, 0.25) is 0 Å². The van der Waals surface area contributed by atoms with Crippen LogP contribution in [0.15, 0.2) is 0 Å². The number of aliphatic carboxylic acids is 2. The van der Waals surface area contributed by atoms with E-state index in [4.69, 9.17) is 16.7 Å². The fourth-order valence-electron chi connectivity index (χ4n) is 1.11. The van der Waals surface area contributed by atoms with E-state index < -0.39 is 48.7 Å². The first kappa shape index (κ1) is 14.5. The van der Waals surface area contributed by atoms with Crippen LogP contribution >= 0.6 is 0 Å². The van der Waals surface area contributed by atoms with Crippen molar-refractivity contribution < 1.29 is 46.4 Å². The number of carbonyl (C=O) groups excluding carboxylic acids is 1. The molecule has 0 aromatic carbocycles. The zero-order chi connectivity index (χ0) is 15.4. The highest BCUT2D eigenvalue weighted by Gasteiger charge is 2.35. The summed E-state index contributed by atoms with van der Waals surface area (Å²) >= 11 is 0. The van der Waals surface area contributed by atoms with Crippen LogP contribution in [0.1, 0.15) is 7.79 Å². The zero-order valence-electron chi connectivity index (χ0n) is 10.0. The molecular weight excluding hydrogens is 252 g/mol. The predicted octanol–water partition coefficient (Wildman–Crippen LogP) is -3.20. The van der Waals surface area contributed by atoms with Gasteiger partial charge in [-0.15, -0.1) is 0 Å². The maximum Gasteiger partial charge on any atom is 0.317 e. The first-order valence-electron chi connectivity index (χ1n) is 5.22. The lowest BCUT2D eigenvalue weighted by Gasteiger charge is -2.25. The fourth-order valence-corrected chi connectivity index (χ4v) is 1.11. The van der Waals surface area contributed by atoms with Crippen molar-refractivity contribution in [3.05, 3.63) is 0 Å². The van der Waals surface area contributed by atoms with Crippen molar-refractivity contribution in [2.45, 2.75) is 30.8 Å². The van der Waals surface area contributed by atoms with Gasteiger partial charge in [0, 0.05) is 0 Å². The molecule has 4 atom stereocenters. The number of hydrogen-bond acceptors (Lipinski definition) is 7. The van der Waals surface area contributed by atoms with Crippen LogP contribution in [-0.4, -0.2) is 73.3 Å². The minimum absolute atomic E-state index is 0.136. The van der Waals surface area contributed by atoms with Crippen molar-refractivity contribution in [2.75, 3.05) is 0 Å². The Bertz CT molecular complexity index is 344. The van der Waals surface area contributed by atoms with Crippen LogP contribution < -0.4 is 0 Å². The third-order valence-electron chi connectivity index (χ3n) is 2.16. The van der Waals surface area contributed by atoms with Crippen molar-refractivity contribution in [3.63, 3.8) is 0 Å². The van der Waals surface area contributed by atoms with Crippen LogP contribution in [0.5, 0.6) is 0 Å². The van der Waals surface area contributed by atoms with Crippen LogP contribution in [0.4, 0.5) is 0 Å². The highest BCUT2D eigenvalue weighted by molar-refractivity contribution is 5.92. The maximum atomic E-state index is 10.7. The molecule has 0 amide bonds. The standard InChI is InChI=1S/C9H14O9/c10-2-5(12)7(14)6(13)4(11)1-3(8(15)16)9(17)18/h2-7,11-14H,1H2,(H,15,16)(H,17,18)/t4-,5-,6-,7-/m1/s1/i3D. The minimum Gasteiger partial charge on any atom is -0.481 e. The van der Waals surface area contributed by atoms with Gasteiger partial charge in [-0.25, -0.2) is 0 Å². The molecule has 0 spiro atoms. The molecule has 0 aliphatic heterocycles. The molecule has 0 radical (unpaired) electrons. The van der Waals surface area contributed by atoms with Gasteiger partial charge < -0.3 is 35.4 Å². The molecule has 9 heteroatoms. The highest BCUT2D eigenvalue weighted by atomic mass is 16.4. The minimum atomic E-state index is -3.13. The number of hydrogen-bond donors (Lipinski definition) is 6. The maximum absolute atomic E-state index is 10.7. The van der Waals surface area contributed by atoms with Crippen LogP contribution in [0.3, 0.4) is 0 Å². The normalized spacial score (nSPS) is 19.2. The number of carbonyl (C=O) groups is 3. The number of aliphatic hydroxyl groups excluding tert-OH is 4. The smallest absolute Gasteiger partial charge is 0.317 e. The average Bonchev–Trinajstić information content (AvgIpc) is 2.34. The van der Waals surface area contributed by atoms with E-state index in [0.717, 1.165) is 0 Å². The SMILES string of the molecule is [2H]C(C[C@@H](O)[C@@H](O)[C@H](O)[C@H](O)C=O)(C(=O)O)C(=O)O. The molecule has 0 aromatic rings. The van der Waals surface area contributed by atoms with Gasteiger partial charge in [0.25, 0.3) is 0 Å². The lowest BCUT2D eigenvalue weighted by Crippen LogP contribution is -2.46. The van der Waals surface area contributed by atoms with Crippen molar-refractivity contribution in [1.82, 2.24) is 0 Å². The quantitative estimate of drug-likeness (QED) is 0.195. The number of aldehydes is 1. The summed E-state index contributed by atoms with van der Waals surface area (Å²) in [5.41, 5.74) is 0. The molecule has 104 valence electrons. The van der Waals surface area contributed by atoms with Gasteiger partial charge in [0.05, 0.1) is 7.47 Å². The van der Waals surface area contributed by atoms with E-state index in [-0.39, 0.29) is 6.29 Å². The van der Waals surface area contributed by atoms with E-state index in [2.05, 4.69) is 0 Å². The van der Waals surface area contributed by atoms with Crippen molar-refractivity contribution in [3.8, 4) is 0 Å². The Kier molecular flexibility index (Phi) is 5.65. The lowest BCUT2D eigenvalue weighted by atomic mass is 9.94. The molecule has 0 rings (SSSR count). The van der Waals surface area contributed by atoms with E-state index in [1.807, 2.05) is 0 Å². The largest absolute Gasteiger partial charge is 0.481 e. The van der Waals surface area contributed by atoms with E-state index in [0.29, 0.717) is 0 Å². The Balaban J connectivity index is 4.93. The Labute approximate surface area is 102 Å². The highest BCUT2D eigenvalue weighted by Crippen LogP contribution is 2.14. The van der Waals surface area contributed by atoms with Gasteiger partial charge in [-0.1, -0.05) is 0 Å². The summed E-state index contributed by atoms with van der Waals surface area (Å²) in [4.78, 5) is 31.5. The van der Waals surface area contributed by atoms with E-state index in [1.54, 1.807) is 0 Å². The second-order valence-electron chi connectivity index (χ2n) is 3.47. The predicted molar refractivity (Wildman–Crippen MR) is 53.5 cm³/mol. The van der Waals surface area contributed by atoms with Gasteiger partial charge in [-0.3, -0.25) is 9.59 Å². The second-order valence-corrected chi connectivity index (χ2v) is 3.47. The molecule has 0 unspecified atom stereocenters. The molecule has 18 heavy (non-hydrogen) atoms. The summed E-state index contributed by atoms with van der Waals surface area (Å²) in [5.74, 6) is -7.28. The summed E-state index contributed by atoms with van der Waals surface area (Å²) in [5, 5.41) is 54.0. The molecule has 0 bridgehead atoms. The molecule has 0 saturated heterocycles. The molecule has 0 saturated carbocycles. The molecule has 0 fully saturated rings. The number of carboxylic acid groups (broad SMARTS) is 2. The summed E-state index contributed by atoms with van der Waals surface area (Å²) in [6, 6.07) is 0. The Hall–Kier alpha value is -1.55. The number of aliphatic hydroxyl groups is 4. The molecule has 0 aliphatic carbocycles. The van der Waals surface area contributed by atoms with Gasteiger partial charge in [-0.05, 0) is 6.42 Å². The van der Waals surface area contributed by atoms with E-state index in [1.165, 1.54) is 0 Å². The van der Waals surface area contributed by atoms with Gasteiger partial charge >= 0.3 is 11.9 Å². The van der Waals surface area contributed by atoms with Crippen LogP contribution in [0.2, 0.25) is 0 Å². The molecule has 0 aromatic heterocycles. The average molecular weight is 267 g/mol. The molecule has 6 N–H and O–H groups in total. The molecule has 0 heterocycles. The van der Waals surface area contributed by atoms with Crippen LogP contribution in [-0.2, 0) is 14.4 Å². The third-order valence-corrected chi connectivity index (χ3v) is 2.16. The molecular formula is C9H14O9. The lowest BCUT2D eigenvalue weighted by molar-refractivity contribution is -0.159. The van der Waals surface area contributed by atoms with Crippen LogP contribution in [0, 0.1) is 5.89 Å². The van der Waals surface area contributed by atoms with Crippen molar-refractivity contribution in [2.24, 2.45) is 5.89 Å². The second kappa shape index (κ2) is 7.01. The first-order chi connectivity index (χ1) is 8.57. The molecule has 9 nitrogen and oxygen atoms in total. The van der Waals surface area contributed by atoms with Crippen molar-refractivity contribution >= 4 is 18.2 Å². The topological polar surface area (TPSA) is 173 Å². The summed E-state index contributed by atoms with van der Waals surface area (Å²) < 4.78 is 7.16. The van der Waals surface area contributed by atoms with E-state index >= 15 is 0 Å². The Morgan fingerprint density at radius 3 is 1.83 bits per heavy atom. The monoisotopic (exact) mass is 267 g/mol. The first-order valence-corrected chi connectivity index (χ1v) is 4.72. The summed E-state index contributed by atoms with van der Waals surface area (Å²) in [6.45, 7) is 0. The summed E-state index contributed by atoms with van der Waals surface area (Å²) in [7, 11) is 0. The van der Waals surface area contributed by atoms with E-state index in [9.17, 15) is 29.7 Å². The number of rotatable bonds is 8. The van der Waals surface area contributed by atoms with Gasteiger partial charge in [0.1, 0.15) is 18.3 Å². The third kappa shape index (κ3) is 4.37. The summed E-state index contributed by atoms with van der Waals surface area (Å²) in [6.07, 6.45) is -9.90.